The van der Waals surface area contributed by atoms with Gasteiger partial charge in [-0.2, -0.15) is 0 Å². The van der Waals surface area contributed by atoms with Crippen LogP contribution >= 0.6 is 11.8 Å². The summed E-state index contributed by atoms with van der Waals surface area (Å²) in [6, 6.07) is 21.7. The number of aromatic nitrogens is 3. The van der Waals surface area contributed by atoms with Gasteiger partial charge in [0.15, 0.2) is 10.9 Å². The number of hydrogen-bond donors (Lipinski definition) is 0. The number of carbonyl (C=O) groups is 1. The first kappa shape index (κ1) is 20.0. The van der Waals surface area contributed by atoms with Gasteiger partial charge in [-0.1, -0.05) is 59.8 Å². The van der Waals surface area contributed by atoms with Crippen LogP contribution in [0.4, 0.5) is 0 Å². The zero-order valence-corrected chi connectivity index (χ0v) is 17.7. The van der Waals surface area contributed by atoms with Gasteiger partial charge in [-0.05, 0) is 36.8 Å². The lowest BCUT2D eigenvalue weighted by atomic mass is 10.2. The Bertz CT molecular complexity index is 1110. The first-order valence-corrected chi connectivity index (χ1v) is 10.6. The van der Waals surface area contributed by atoms with Gasteiger partial charge in [0.25, 0.3) is 0 Å². The Balaban J connectivity index is 1.54. The normalized spacial score (nSPS) is 10.9. The van der Waals surface area contributed by atoms with Crippen LogP contribution in [0.3, 0.4) is 0 Å². The van der Waals surface area contributed by atoms with Crippen molar-refractivity contribution in [1.82, 2.24) is 19.7 Å². The summed E-state index contributed by atoms with van der Waals surface area (Å²) in [5.41, 5.74) is 3.18. The molecule has 1 amide bonds. The summed E-state index contributed by atoms with van der Waals surface area (Å²) in [6.07, 6.45) is 1.61. The molecular weight excluding hydrogens is 396 g/mol. The van der Waals surface area contributed by atoms with Crippen molar-refractivity contribution >= 4 is 17.7 Å². The molecule has 0 saturated carbocycles. The van der Waals surface area contributed by atoms with Crippen LogP contribution in [0.2, 0.25) is 0 Å². The molecule has 6 nitrogen and oxygen atoms in total. The molecule has 2 aromatic heterocycles. The van der Waals surface area contributed by atoms with E-state index in [1.54, 1.807) is 11.2 Å². The van der Waals surface area contributed by atoms with Crippen LogP contribution in [0.1, 0.15) is 11.1 Å². The van der Waals surface area contributed by atoms with Gasteiger partial charge in [0.05, 0.1) is 12.0 Å². The second-order valence-electron chi connectivity index (χ2n) is 6.98. The Morgan fingerprint density at radius 3 is 2.50 bits per heavy atom. The summed E-state index contributed by atoms with van der Waals surface area (Å²) in [4.78, 5) is 14.4. The van der Waals surface area contributed by atoms with Crippen molar-refractivity contribution in [2.45, 2.75) is 18.6 Å². The Labute approximate surface area is 179 Å². The SMILES string of the molecule is Cc1ccc(-n2c(SCC(=O)N(C)Cc3ccccc3)nnc2-c2ccco2)cc1. The average molecular weight is 419 g/mol. The molecule has 7 heteroatoms. The lowest BCUT2D eigenvalue weighted by Crippen LogP contribution is -2.27. The van der Waals surface area contributed by atoms with E-state index in [0.29, 0.717) is 23.3 Å². The molecule has 152 valence electrons. The average Bonchev–Trinajstić information content (AvgIpc) is 3.43. The van der Waals surface area contributed by atoms with Gasteiger partial charge in [-0.15, -0.1) is 10.2 Å². The molecule has 0 spiro atoms. The maximum Gasteiger partial charge on any atom is 0.233 e. The minimum Gasteiger partial charge on any atom is -0.461 e. The highest BCUT2D eigenvalue weighted by Crippen LogP contribution is 2.28. The standard InChI is InChI=1S/C23H22N4O2S/c1-17-10-12-19(13-11-17)27-22(20-9-6-14-29-20)24-25-23(27)30-16-21(28)26(2)15-18-7-4-3-5-8-18/h3-14H,15-16H2,1-2H3. The summed E-state index contributed by atoms with van der Waals surface area (Å²) >= 11 is 1.37. The molecule has 0 fully saturated rings. The second kappa shape index (κ2) is 9.00. The van der Waals surface area contributed by atoms with Gasteiger partial charge in [0.2, 0.25) is 11.7 Å². The highest BCUT2D eigenvalue weighted by Gasteiger charge is 2.19. The molecule has 0 saturated heterocycles. The number of rotatable bonds is 7. The van der Waals surface area contributed by atoms with E-state index in [1.165, 1.54) is 17.3 Å². The van der Waals surface area contributed by atoms with Crippen LogP contribution in [0.15, 0.2) is 82.6 Å². The topological polar surface area (TPSA) is 64.2 Å². The molecule has 30 heavy (non-hydrogen) atoms. The van der Waals surface area contributed by atoms with Crippen molar-refractivity contribution < 1.29 is 9.21 Å². The predicted molar refractivity (Wildman–Crippen MR) is 117 cm³/mol. The molecule has 0 aliphatic heterocycles. The molecule has 0 aliphatic rings. The molecule has 2 heterocycles. The maximum absolute atomic E-state index is 12.7. The van der Waals surface area contributed by atoms with Gasteiger partial charge >= 0.3 is 0 Å². The lowest BCUT2D eigenvalue weighted by molar-refractivity contribution is -0.127. The first-order chi connectivity index (χ1) is 14.6. The molecule has 0 aliphatic carbocycles. The van der Waals surface area contributed by atoms with Gasteiger partial charge in [0, 0.05) is 19.3 Å². The Hall–Kier alpha value is -3.32. The lowest BCUT2D eigenvalue weighted by Gasteiger charge is -2.17. The predicted octanol–water partition coefficient (Wildman–Crippen LogP) is 4.59. The van der Waals surface area contributed by atoms with Crippen LogP contribution in [0.5, 0.6) is 0 Å². The zero-order valence-electron chi connectivity index (χ0n) is 16.9. The van der Waals surface area contributed by atoms with E-state index in [4.69, 9.17) is 4.42 Å². The summed E-state index contributed by atoms with van der Waals surface area (Å²) in [6.45, 7) is 2.61. The van der Waals surface area contributed by atoms with Crippen molar-refractivity contribution in [3.63, 3.8) is 0 Å². The van der Waals surface area contributed by atoms with E-state index >= 15 is 0 Å². The molecule has 4 rings (SSSR count). The van der Waals surface area contributed by atoms with Crippen molar-refractivity contribution in [3.8, 4) is 17.3 Å². The van der Waals surface area contributed by atoms with E-state index in [2.05, 4.69) is 10.2 Å². The molecule has 0 unspecified atom stereocenters. The zero-order chi connectivity index (χ0) is 20.9. The smallest absolute Gasteiger partial charge is 0.233 e. The van der Waals surface area contributed by atoms with Crippen molar-refractivity contribution in [3.05, 3.63) is 84.1 Å². The minimum atomic E-state index is 0.0295. The fourth-order valence-electron chi connectivity index (χ4n) is 3.04. The third kappa shape index (κ3) is 4.46. The highest BCUT2D eigenvalue weighted by atomic mass is 32.2. The van der Waals surface area contributed by atoms with Gasteiger partial charge in [-0.25, -0.2) is 0 Å². The third-order valence-electron chi connectivity index (χ3n) is 4.68. The van der Waals surface area contributed by atoms with E-state index in [1.807, 2.05) is 85.3 Å². The largest absolute Gasteiger partial charge is 0.461 e. The summed E-state index contributed by atoms with van der Waals surface area (Å²) in [7, 11) is 1.81. The van der Waals surface area contributed by atoms with Gasteiger partial charge in [-0.3, -0.25) is 9.36 Å². The van der Waals surface area contributed by atoms with E-state index in [0.717, 1.165) is 11.3 Å². The van der Waals surface area contributed by atoms with Crippen LogP contribution < -0.4 is 0 Å². The summed E-state index contributed by atoms with van der Waals surface area (Å²) in [5.74, 6) is 1.53. The number of amides is 1. The fourth-order valence-corrected chi connectivity index (χ4v) is 3.93. The summed E-state index contributed by atoms with van der Waals surface area (Å²) < 4.78 is 7.47. The Morgan fingerprint density at radius 2 is 1.80 bits per heavy atom. The number of thioether (sulfide) groups is 1. The number of nitrogens with zero attached hydrogens (tertiary/aromatic N) is 4. The maximum atomic E-state index is 12.7. The number of benzene rings is 2. The number of aryl methyl sites for hydroxylation is 1. The van der Waals surface area contributed by atoms with Crippen LogP contribution in [-0.4, -0.2) is 38.4 Å². The monoisotopic (exact) mass is 418 g/mol. The van der Waals surface area contributed by atoms with E-state index < -0.39 is 0 Å². The van der Waals surface area contributed by atoms with Crippen LogP contribution in [0.25, 0.3) is 17.3 Å². The van der Waals surface area contributed by atoms with Gasteiger partial charge < -0.3 is 9.32 Å². The highest BCUT2D eigenvalue weighted by molar-refractivity contribution is 7.99. The molecule has 0 bridgehead atoms. The van der Waals surface area contributed by atoms with Gasteiger partial charge in [0.1, 0.15) is 0 Å². The van der Waals surface area contributed by atoms with Crippen molar-refractivity contribution in [2.24, 2.45) is 0 Å². The fraction of sp³-hybridized carbons (Fsp3) is 0.174. The van der Waals surface area contributed by atoms with Crippen molar-refractivity contribution in [1.29, 1.82) is 0 Å². The second-order valence-corrected chi connectivity index (χ2v) is 7.92. The first-order valence-electron chi connectivity index (χ1n) is 9.59. The summed E-state index contributed by atoms with van der Waals surface area (Å²) in [5, 5.41) is 9.30. The molecule has 2 aromatic carbocycles. The number of furan rings is 1. The molecule has 0 radical (unpaired) electrons. The van der Waals surface area contributed by atoms with Crippen LogP contribution in [0, 0.1) is 6.92 Å². The third-order valence-corrected chi connectivity index (χ3v) is 5.59. The van der Waals surface area contributed by atoms with Crippen LogP contribution in [-0.2, 0) is 11.3 Å². The van der Waals surface area contributed by atoms with Crippen molar-refractivity contribution in [2.75, 3.05) is 12.8 Å². The number of hydrogen-bond acceptors (Lipinski definition) is 5. The molecule has 0 N–H and O–H groups in total. The van der Waals surface area contributed by atoms with E-state index in [-0.39, 0.29) is 11.7 Å². The van der Waals surface area contributed by atoms with E-state index in [9.17, 15) is 4.79 Å². The Morgan fingerprint density at radius 1 is 1.03 bits per heavy atom. The molecule has 4 aromatic rings. The minimum absolute atomic E-state index is 0.0295. The quantitative estimate of drug-likeness (QED) is 0.411. The Kier molecular flexibility index (Phi) is 5.99. The number of carbonyl (C=O) groups excluding carboxylic acids is 1. The molecular formula is C23H22N4O2S. The molecule has 0 atom stereocenters.